The lowest BCUT2D eigenvalue weighted by Crippen LogP contribution is -2.26. The largest absolute Gasteiger partial charge is 0.438 e. The Bertz CT molecular complexity index is 662. The number of amides is 1. The molecule has 7 heteroatoms. The van der Waals surface area contributed by atoms with E-state index in [9.17, 15) is 4.79 Å². The number of hydrogen-bond acceptors (Lipinski definition) is 5. The van der Waals surface area contributed by atoms with Crippen molar-refractivity contribution >= 4 is 18.3 Å². The first-order chi connectivity index (χ1) is 11.0. The van der Waals surface area contributed by atoms with Gasteiger partial charge in [-0.15, -0.1) is 12.4 Å². The summed E-state index contributed by atoms with van der Waals surface area (Å²) >= 11 is 0. The first-order valence-electron chi connectivity index (χ1n) is 7.31. The highest BCUT2D eigenvalue weighted by Crippen LogP contribution is 2.24. The fourth-order valence-corrected chi connectivity index (χ4v) is 2.05. The van der Waals surface area contributed by atoms with Gasteiger partial charge < -0.3 is 20.5 Å². The first-order valence-corrected chi connectivity index (χ1v) is 7.31. The highest BCUT2D eigenvalue weighted by atomic mass is 35.5. The van der Waals surface area contributed by atoms with E-state index in [1.54, 1.807) is 44.6 Å². The molecule has 0 unspecified atom stereocenters. The van der Waals surface area contributed by atoms with Gasteiger partial charge in [0.15, 0.2) is 0 Å². The average molecular weight is 352 g/mol. The molecule has 130 valence electrons. The quantitative estimate of drug-likeness (QED) is 0.829. The van der Waals surface area contributed by atoms with E-state index >= 15 is 0 Å². The van der Waals surface area contributed by atoms with Crippen molar-refractivity contribution in [3.8, 4) is 11.6 Å². The molecule has 1 heterocycles. The number of aliphatic hydroxyl groups excluding tert-OH is 1. The van der Waals surface area contributed by atoms with Crippen LogP contribution in [0, 0.1) is 0 Å². The number of rotatable bonds is 6. The molecule has 0 saturated heterocycles. The van der Waals surface area contributed by atoms with Gasteiger partial charge in [-0.05, 0) is 36.2 Å². The minimum Gasteiger partial charge on any atom is -0.438 e. The number of benzene rings is 1. The minimum atomic E-state index is -0.276. The molecule has 0 saturated carbocycles. The van der Waals surface area contributed by atoms with Gasteiger partial charge in [0.05, 0.1) is 6.61 Å². The van der Waals surface area contributed by atoms with Crippen LogP contribution in [0.2, 0.25) is 0 Å². The van der Waals surface area contributed by atoms with Crippen LogP contribution in [0.25, 0.3) is 0 Å². The van der Waals surface area contributed by atoms with Gasteiger partial charge in [0.2, 0.25) is 5.88 Å². The number of aliphatic hydroxyl groups is 1. The smallest absolute Gasteiger partial charge is 0.258 e. The summed E-state index contributed by atoms with van der Waals surface area (Å²) < 4.78 is 5.73. The SMILES string of the molecule is CN(C)C(=O)c1cccnc1Oc1ccc(C[C@H](N)CO)cc1.Cl. The zero-order valence-electron chi connectivity index (χ0n) is 13.7. The summed E-state index contributed by atoms with van der Waals surface area (Å²) in [5.74, 6) is 0.683. The Morgan fingerprint density at radius 2 is 1.96 bits per heavy atom. The molecule has 1 atom stereocenters. The van der Waals surface area contributed by atoms with Crippen LogP contribution in [0.1, 0.15) is 15.9 Å². The topological polar surface area (TPSA) is 88.7 Å². The van der Waals surface area contributed by atoms with Crippen LogP contribution in [0.3, 0.4) is 0 Å². The predicted octanol–water partition coefficient (Wildman–Crippen LogP) is 1.86. The molecule has 0 aliphatic rings. The molecule has 1 amide bonds. The van der Waals surface area contributed by atoms with Crippen LogP contribution < -0.4 is 10.5 Å². The van der Waals surface area contributed by atoms with Crippen molar-refractivity contribution < 1.29 is 14.6 Å². The number of nitrogens with two attached hydrogens (primary N) is 1. The Morgan fingerprint density at radius 3 is 2.54 bits per heavy atom. The lowest BCUT2D eigenvalue weighted by molar-refractivity contribution is 0.0824. The van der Waals surface area contributed by atoms with Crippen LogP contribution in [0.4, 0.5) is 0 Å². The van der Waals surface area contributed by atoms with E-state index in [2.05, 4.69) is 4.98 Å². The highest BCUT2D eigenvalue weighted by Gasteiger charge is 2.15. The van der Waals surface area contributed by atoms with Gasteiger partial charge in [0.25, 0.3) is 5.91 Å². The Hall–Kier alpha value is -2.15. The van der Waals surface area contributed by atoms with Crippen molar-refractivity contribution in [1.82, 2.24) is 9.88 Å². The predicted molar refractivity (Wildman–Crippen MR) is 94.8 cm³/mol. The third kappa shape index (κ3) is 5.19. The molecule has 0 spiro atoms. The molecule has 6 nitrogen and oxygen atoms in total. The van der Waals surface area contributed by atoms with Crippen molar-refractivity contribution in [2.24, 2.45) is 5.73 Å². The van der Waals surface area contributed by atoms with E-state index in [-0.39, 0.29) is 36.8 Å². The Balaban J connectivity index is 0.00000288. The third-order valence-electron chi connectivity index (χ3n) is 3.28. The van der Waals surface area contributed by atoms with E-state index in [0.717, 1.165) is 5.56 Å². The normalized spacial score (nSPS) is 11.3. The van der Waals surface area contributed by atoms with Crippen LogP contribution in [-0.2, 0) is 6.42 Å². The van der Waals surface area contributed by atoms with E-state index in [4.69, 9.17) is 15.6 Å². The van der Waals surface area contributed by atoms with E-state index < -0.39 is 0 Å². The number of aromatic nitrogens is 1. The van der Waals surface area contributed by atoms with Gasteiger partial charge in [0.1, 0.15) is 11.3 Å². The van der Waals surface area contributed by atoms with E-state index in [1.165, 1.54) is 4.90 Å². The maximum absolute atomic E-state index is 12.1. The molecular formula is C17H22ClN3O3. The Labute approximate surface area is 147 Å². The lowest BCUT2D eigenvalue weighted by atomic mass is 10.1. The maximum atomic E-state index is 12.1. The summed E-state index contributed by atoms with van der Waals surface area (Å²) in [5, 5.41) is 8.98. The number of hydrogen-bond donors (Lipinski definition) is 2. The molecular weight excluding hydrogens is 330 g/mol. The molecule has 24 heavy (non-hydrogen) atoms. The molecule has 1 aromatic heterocycles. The molecule has 2 rings (SSSR count). The monoisotopic (exact) mass is 351 g/mol. The van der Waals surface area contributed by atoms with Crippen molar-refractivity contribution in [2.75, 3.05) is 20.7 Å². The van der Waals surface area contributed by atoms with Crippen molar-refractivity contribution in [3.63, 3.8) is 0 Å². The van der Waals surface area contributed by atoms with Gasteiger partial charge in [-0.2, -0.15) is 0 Å². The number of nitrogens with zero attached hydrogens (tertiary/aromatic N) is 2. The Kier molecular flexibility index (Phi) is 7.64. The van der Waals surface area contributed by atoms with Crippen LogP contribution in [0.5, 0.6) is 11.6 Å². The first kappa shape index (κ1) is 19.9. The summed E-state index contributed by atoms with van der Waals surface area (Å²) in [6.07, 6.45) is 2.17. The number of carbonyl (C=O) groups is 1. The summed E-state index contributed by atoms with van der Waals surface area (Å²) in [6.45, 7) is -0.0534. The molecule has 0 bridgehead atoms. The molecule has 1 aromatic carbocycles. The fraction of sp³-hybridized carbons (Fsp3) is 0.294. The highest BCUT2D eigenvalue weighted by molar-refractivity contribution is 5.96. The summed E-state index contributed by atoms with van der Waals surface area (Å²) in [6, 6.07) is 10.4. The van der Waals surface area contributed by atoms with Crippen LogP contribution >= 0.6 is 12.4 Å². The molecule has 2 aromatic rings. The summed E-state index contributed by atoms with van der Waals surface area (Å²) in [4.78, 5) is 17.7. The summed E-state index contributed by atoms with van der Waals surface area (Å²) in [5.41, 5.74) is 7.13. The zero-order chi connectivity index (χ0) is 16.8. The van der Waals surface area contributed by atoms with Crippen molar-refractivity contribution in [1.29, 1.82) is 0 Å². The maximum Gasteiger partial charge on any atom is 0.258 e. The second-order valence-corrected chi connectivity index (χ2v) is 5.45. The second-order valence-electron chi connectivity index (χ2n) is 5.45. The number of ether oxygens (including phenoxy) is 1. The molecule has 0 fully saturated rings. The average Bonchev–Trinajstić information content (AvgIpc) is 2.56. The molecule has 0 radical (unpaired) electrons. The Morgan fingerprint density at radius 1 is 1.29 bits per heavy atom. The molecule has 0 aliphatic heterocycles. The van der Waals surface area contributed by atoms with Gasteiger partial charge in [-0.25, -0.2) is 4.98 Å². The van der Waals surface area contributed by atoms with Gasteiger partial charge >= 0.3 is 0 Å². The standard InChI is InChI=1S/C17H21N3O3.ClH/c1-20(2)17(22)15-4-3-9-19-16(15)23-14-7-5-12(6-8-14)10-13(18)11-21;/h3-9,13,21H,10-11,18H2,1-2H3;1H/t13-;/m0./s1. The lowest BCUT2D eigenvalue weighted by Gasteiger charge is -2.14. The van der Waals surface area contributed by atoms with Crippen molar-refractivity contribution in [2.45, 2.75) is 12.5 Å². The second kappa shape index (κ2) is 9.22. The van der Waals surface area contributed by atoms with Crippen LogP contribution in [-0.4, -0.2) is 47.6 Å². The zero-order valence-corrected chi connectivity index (χ0v) is 14.5. The fourth-order valence-electron chi connectivity index (χ4n) is 2.05. The van der Waals surface area contributed by atoms with E-state index in [1.807, 2.05) is 12.1 Å². The van der Waals surface area contributed by atoms with Gasteiger partial charge in [-0.1, -0.05) is 12.1 Å². The molecule has 3 N–H and O–H groups in total. The minimum absolute atomic E-state index is 0. The van der Waals surface area contributed by atoms with E-state index in [0.29, 0.717) is 17.7 Å². The number of pyridine rings is 1. The van der Waals surface area contributed by atoms with Gasteiger partial charge in [-0.3, -0.25) is 4.79 Å². The summed E-state index contributed by atoms with van der Waals surface area (Å²) in [7, 11) is 3.36. The number of halogens is 1. The van der Waals surface area contributed by atoms with Crippen LogP contribution in [0.15, 0.2) is 42.6 Å². The molecule has 0 aliphatic carbocycles. The van der Waals surface area contributed by atoms with Crippen molar-refractivity contribution in [3.05, 3.63) is 53.7 Å². The van der Waals surface area contributed by atoms with Gasteiger partial charge in [0, 0.05) is 26.3 Å². The number of carbonyl (C=O) groups excluding carboxylic acids is 1. The third-order valence-corrected chi connectivity index (χ3v) is 3.28.